The lowest BCUT2D eigenvalue weighted by Gasteiger charge is -2.13. The summed E-state index contributed by atoms with van der Waals surface area (Å²) >= 11 is 6.50. The molecule has 2 N–H and O–H groups in total. The van der Waals surface area contributed by atoms with Crippen LogP contribution in [0.25, 0.3) is 0 Å². The number of benzene rings is 1. The van der Waals surface area contributed by atoms with Crippen LogP contribution in [0.5, 0.6) is 0 Å². The van der Waals surface area contributed by atoms with Crippen molar-refractivity contribution in [3.8, 4) is 0 Å². The van der Waals surface area contributed by atoms with Crippen LogP contribution in [0.1, 0.15) is 18.8 Å². The van der Waals surface area contributed by atoms with Gasteiger partial charge < -0.3 is 4.98 Å². The van der Waals surface area contributed by atoms with Crippen LogP contribution in [0.15, 0.2) is 44.4 Å². The fourth-order valence-corrected chi connectivity index (χ4v) is 4.26. The van der Waals surface area contributed by atoms with Crippen molar-refractivity contribution in [2.45, 2.75) is 17.9 Å². The van der Waals surface area contributed by atoms with Gasteiger partial charge >= 0.3 is 0 Å². The summed E-state index contributed by atoms with van der Waals surface area (Å²) in [4.78, 5) is 7.09. The van der Waals surface area contributed by atoms with Crippen LogP contribution in [0.3, 0.4) is 0 Å². The van der Waals surface area contributed by atoms with Crippen molar-refractivity contribution in [2.24, 2.45) is 0 Å². The molecule has 0 saturated heterocycles. The molecule has 0 aliphatic heterocycles. The number of nitrogens with zero attached hydrogens (tertiary/aromatic N) is 1. The average Bonchev–Trinajstić information content (AvgIpc) is 2.85. The van der Waals surface area contributed by atoms with E-state index in [1.165, 1.54) is 0 Å². The van der Waals surface area contributed by atoms with E-state index in [2.05, 4.69) is 46.5 Å². The molecule has 1 unspecified atom stereocenters. The van der Waals surface area contributed by atoms with E-state index < -0.39 is 16.1 Å². The van der Waals surface area contributed by atoms with Gasteiger partial charge in [0.05, 0.1) is 10.9 Å². The van der Waals surface area contributed by atoms with Gasteiger partial charge in [0.2, 0.25) is 10.0 Å². The lowest BCUT2D eigenvalue weighted by atomic mass is 10.3. The maximum Gasteiger partial charge on any atom is 0.242 e. The number of hydrogen-bond donors (Lipinski definition) is 2. The van der Waals surface area contributed by atoms with Gasteiger partial charge in [-0.25, -0.2) is 18.1 Å². The van der Waals surface area contributed by atoms with Gasteiger partial charge in [-0.1, -0.05) is 15.9 Å². The van der Waals surface area contributed by atoms with E-state index in [1.807, 2.05) is 0 Å². The average molecular weight is 409 g/mol. The quantitative estimate of drug-likeness (QED) is 0.816. The van der Waals surface area contributed by atoms with Gasteiger partial charge in [0.1, 0.15) is 5.82 Å². The molecule has 1 atom stereocenters. The highest BCUT2D eigenvalue weighted by Gasteiger charge is 2.22. The number of hydrogen-bond acceptors (Lipinski definition) is 3. The number of H-pyrrole nitrogens is 1. The van der Waals surface area contributed by atoms with Gasteiger partial charge in [0.25, 0.3) is 0 Å². The summed E-state index contributed by atoms with van der Waals surface area (Å²) in [5, 5.41) is 0. The molecular formula is C11H11Br2N3O2S. The molecule has 0 amide bonds. The molecule has 8 heteroatoms. The van der Waals surface area contributed by atoms with E-state index in [1.54, 1.807) is 37.5 Å². The monoisotopic (exact) mass is 407 g/mol. The summed E-state index contributed by atoms with van der Waals surface area (Å²) in [6, 6.07) is 4.54. The molecule has 0 fully saturated rings. The molecule has 0 spiro atoms. The van der Waals surface area contributed by atoms with E-state index in [0.29, 0.717) is 14.8 Å². The van der Waals surface area contributed by atoms with E-state index >= 15 is 0 Å². The maximum absolute atomic E-state index is 12.3. The molecule has 1 aromatic heterocycles. The Kier molecular flexibility index (Phi) is 4.44. The van der Waals surface area contributed by atoms with E-state index in [0.717, 1.165) is 0 Å². The van der Waals surface area contributed by atoms with Crippen LogP contribution < -0.4 is 4.72 Å². The van der Waals surface area contributed by atoms with Gasteiger partial charge in [-0.05, 0) is 41.1 Å². The number of rotatable bonds is 4. The molecule has 0 bridgehead atoms. The fraction of sp³-hybridized carbons (Fsp3) is 0.182. The molecule has 19 heavy (non-hydrogen) atoms. The Labute approximate surface area is 128 Å². The van der Waals surface area contributed by atoms with Crippen LogP contribution in [0, 0.1) is 0 Å². The molecule has 0 aliphatic carbocycles. The van der Waals surface area contributed by atoms with Crippen molar-refractivity contribution in [2.75, 3.05) is 0 Å². The molecule has 2 rings (SSSR count). The second-order valence-electron chi connectivity index (χ2n) is 3.89. The first kappa shape index (κ1) is 14.7. The number of aromatic amines is 1. The molecule has 102 valence electrons. The van der Waals surface area contributed by atoms with Crippen LogP contribution in [-0.4, -0.2) is 18.4 Å². The van der Waals surface area contributed by atoms with Gasteiger partial charge in [0.15, 0.2) is 0 Å². The largest absolute Gasteiger partial charge is 0.347 e. The van der Waals surface area contributed by atoms with E-state index in [9.17, 15) is 8.42 Å². The Bertz CT molecular complexity index is 671. The van der Waals surface area contributed by atoms with Crippen molar-refractivity contribution in [3.63, 3.8) is 0 Å². The number of halogens is 2. The standard InChI is InChI=1S/C11H11Br2N3O2S/c1-7(11-14-4-5-15-11)16-19(17,18)10-6-8(12)2-3-9(10)13/h2-7,16H,1H3,(H,14,15). The molecule has 0 radical (unpaired) electrons. The van der Waals surface area contributed by atoms with E-state index in [4.69, 9.17) is 0 Å². The lowest BCUT2D eigenvalue weighted by molar-refractivity contribution is 0.560. The molecule has 0 saturated carbocycles. The molecule has 0 aliphatic rings. The number of nitrogens with one attached hydrogen (secondary N) is 2. The predicted molar refractivity (Wildman–Crippen MR) is 79.2 cm³/mol. The zero-order valence-electron chi connectivity index (χ0n) is 9.89. The molecular weight excluding hydrogens is 398 g/mol. The van der Waals surface area contributed by atoms with Crippen LogP contribution in [0.2, 0.25) is 0 Å². The van der Waals surface area contributed by atoms with Gasteiger partial charge in [-0.15, -0.1) is 0 Å². The summed E-state index contributed by atoms with van der Waals surface area (Å²) in [5.74, 6) is 0.565. The second-order valence-corrected chi connectivity index (χ2v) is 7.34. The third kappa shape index (κ3) is 3.44. The zero-order chi connectivity index (χ0) is 14.0. The first-order valence-corrected chi connectivity index (χ1v) is 8.44. The summed E-state index contributed by atoms with van der Waals surface area (Å²) in [7, 11) is -3.63. The summed E-state index contributed by atoms with van der Waals surface area (Å²) in [6.45, 7) is 1.72. The first-order valence-electron chi connectivity index (χ1n) is 5.37. The minimum atomic E-state index is -3.63. The summed E-state index contributed by atoms with van der Waals surface area (Å²) < 4.78 is 28.4. The highest BCUT2D eigenvalue weighted by atomic mass is 79.9. The Morgan fingerprint density at radius 2 is 2.11 bits per heavy atom. The van der Waals surface area contributed by atoms with E-state index in [-0.39, 0.29) is 4.90 Å². The highest BCUT2D eigenvalue weighted by Crippen LogP contribution is 2.26. The fourth-order valence-electron chi connectivity index (χ4n) is 1.55. The van der Waals surface area contributed by atoms with Gasteiger partial charge in [-0.3, -0.25) is 0 Å². The smallest absolute Gasteiger partial charge is 0.242 e. The molecule has 1 aromatic carbocycles. The second kappa shape index (κ2) is 5.74. The Balaban J connectivity index is 2.30. The van der Waals surface area contributed by atoms with Crippen molar-refractivity contribution in [1.29, 1.82) is 0 Å². The number of sulfonamides is 1. The van der Waals surface area contributed by atoms with Gasteiger partial charge in [0, 0.05) is 21.3 Å². The Hall–Kier alpha value is -0.700. The normalized spacial score (nSPS) is 13.4. The topological polar surface area (TPSA) is 74.8 Å². The third-order valence-corrected chi connectivity index (χ3v) is 5.47. The predicted octanol–water partition coefficient (Wildman–Crippen LogP) is 2.97. The first-order chi connectivity index (χ1) is 8.90. The summed E-state index contributed by atoms with van der Waals surface area (Å²) in [5.41, 5.74) is 0. The minimum absolute atomic E-state index is 0.181. The SMILES string of the molecule is CC(NS(=O)(=O)c1cc(Br)ccc1Br)c1ncc[nH]1. The maximum atomic E-state index is 12.3. The minimum Gasteiger partial charge on any atom is -0.347 e. The summed E-state index contributed by atoms with van der Waals surface area (Å²) in [6.07, 6.45) is 3.23. The van der Waals surface area contributed by atoms with Crippen LogP contribution >= 0.6 is 31.9 Å². The van der Waals surface area contributed by atoms with Crippen molar-refractivity contribution < 1.29 is 8.42 Å². The third-order valence-electron chi connectivity index (χ3n) is 2.44. The Morgan fingerprint density at radius 3 is 2.74 bits per heavy atom. The lowest BCUT2D eigenvalue weighted by Crippen LogP contribution is -2.27. The number of aromatic nitrogens is 2. The highest BCUT2D eigenvalue weighted by molar-refractivity contribution is 9.11. The molecule has 5 nitrogen and oxygen atoms in total. The molecule has 2 aromatic rings. The van der Waals surface area contributed by atoms with Crippen molar-refractivity contribution in [1.82, 2.24) is 14.7 Å². The Morgan fingerprint density at radius 1 is 1.37 bits per heavy atom. The van der Waals surface area contributed by atoms with Gasteiger partial charge in [-0.2, -0.15) is 0 Å². The number of imidazole rings is 1. The van der Waals surface area contributed by atoms with Crippen LogP contribution in [0.4, 0.5) is 0 Å². The van der Waals surface area contributed by atoms with Crippen molar-refractivity contribution >= 4 is 41.9 Å². The molecule has 1 heterocycles. The van der Waals surface area contributed by atoms with Crippen LogP contribution in [-0.2, 0) is 10.0 Å². The van der Waals surface area contributed by atoms with Crippen molar-refractivity contribution in [3.05, 3.63) is 45.4 Å². The zero-order valence-corrected chi connectivity index (χ0v) is 13.9.